The van der Waals surface area contributed by atoms with Gasteiger partial charge < -0.3 is 4.90 Å². The van der Waals surface area contributed by atoms with Crippen LogP contribution in [0.25, 0.3) is 11.3 Å². The topological polar surface area (TPSA) is 33.2 Å². The normalized spacial score (nSPS) is 11.1. The summed E-state index contributed by atoms with van der Waals surface area (Å²) in [6.45, 7) is 10.00. The quantitative estimate of drug-likeness (QED) is 0.793. The molecule has 0 aliphatic rings. The Morgan fingerprint density at radius 2 is 1.65 bits per heavy atom. The molecule has 1 amide bonds. The molecule has 0 saturated carbocycles. The Labute approximate surface area is 143 Å². The van der Waals surface area contributed by atoms with E-state index in [2.05, 4.69) is 4.98 Å². The predicted octanol–water partition coefficient (Wildman–Crippen LogP) is 4.97. The maximum Gasteiger partial charge on any atom is 0.255 e. The minimum Gasteiger partial charge on any atom is -0.334 e. The average Bonchev–Trinajstić information content (AvgIpc) is 2.49. The molecule has 2 rings (SSSR count). The van der Waals surface area contributed by atoms with E-state index in [1.54, 1.807) is 0 Å². The number of aromatic nitrogens is 1. The van der Waals surface area contributed by atoms with E-state index in [1.807, 2.05) is 75.9 Å². The summed E-state index contributed by atoms with van der Waals surface area (Å²) < 4.78 is 0. The van der Waals surface area contributed by atoms with Crippen LogP contribution in [0.3, 0.4) is 0 Å². The predicted molar refractivity (Wildman–Crippen MR) is 95.9 cm³/mol. The van der Waals surface area contributed by atoms with Gasteiger partial charge in [0.05, 0.1) is 16.4 Å². The van der Waals surface area contributed by atoms with Gasteiger partial charge in [0.25, 0.3) is 5.91 Å². The zero-order chi connectivity index (χ0) is 17.1. The number of hydrogen-bond acceptors (Lipinski definition) is 2. The lowest BCUT2D eigenvalue weighted by Crippen LogP contribution is -2.42. The molecule has 0 fully saturated rings. The molecular weight excluding hydrogens is 308 g/mol. The zero-order valence-corrected chi connectivity index (χ0v) is 15.1. The van der Waals surface area contributed by atoms with Gasteiger partial charge in [-0.25, -0.2) is 0 Å². The van der Waals surface area contributed by atoms with Gasteiger partial charge in [-0.1, -0.05) is 29.8 Å². The second kappa shape index (κ2) is 7.14. The lowest BCUT2D eigenvalue weighted by Gasteiger charge is -2.31. The number of carbonyl (C=O) groups excluding carboxylic acids is 1. The van der Waals surface area contributed by atoms with Gasteiger partial charge in [0.1, 0.15) is 0 Å². The average molecular weight is 331 g/mol. The van der Waals surface area contributed by atoms with Crippen LogP contribution in [0.1, 0.15) is 43.7 Å². The molecule has 2 aromatic rings. The maximum atomic E-state index is 13.0. The van der Waals surface area contributed by atoms with Gasteiger partial charge in [-0.3, -0.25) is 9.78 Å². The van der Waals surface area contributed by atoms with Gasteiger partial charge in [0.2, 0.25) is 0 Å². The van der Waals surface area contributed by atoms with Crippen molar-refractivity contribution in [1.82, 2.24) is 9.88 Å². The Hall–Kier alpha value is -1.87. The fourth-order valence-corrected chi connectivity index (χ4v) is 2.90. The molecule has 0 bridgehead atoms. The Morgan fingerprint density at radius 3 is 2.22 bits per heavy atom. The summed E-state index contributed by atoms with van der Waals surface area (Å²) in [5.41, 5.74) is 3.03. The summed E-state index contributed by atoms with van der Waals surface area (Å²) in [4.78, 5) is 19.5. The second-order valence-corrected chi connectivity index (χ2v) is 6.62. The van der Waals surface area contributed by atoms with Crippen LogP contribution in [0.4, 0.5) is 0 Å². The van der Waals surface area contributed by atoms with Gasteiger partial charge in [0.15, 0.2) is 0 Å². The number of halogens is 1. The van der Waals surface area contributed by atoms with E-state index in [0.717, 1.165) is 17.0 Å². The molecule has 23 heavy (non-hydrogen) atoms. The van der Waals surface area contributed by atoms with E-state index in [0.29, 0.717) is 10.6 Å². The van der Waals surface area contributed by atoms with E-state index in [1.165, 1.54) is 0 Å². The number of aryl methyl sites for hydroxylation is 1. The Bertz CT molecular complexity index is 702. The van der Waals surface area contributed by atoms with Crippen molar-refractivity contribution in [3.8, 4) is 11.3 Å². The highest BCUT2D eigenvalue weighted by Gasteiger charge is 2.24. The summed E-state index contributed by atoms with van der Waals surface area (Å²) in [6, 6.07) is 11.6. The van der Waals surface area contributed by atoms with Gasteiger partial charge >= 0.3 is 0 Å². The summed E-state index contributed by atoms with van der Waals surface area (Å²) in [6.07, 6.45) is 0. The van der Waals surface area contributed by atoms with Gasteiger partial charge in [-0.15, -0.1) is 0 Å². The number of carbonyl (C=O) groups is 1. The molecule has 0 N–H and O–H groups in total. The highest BCUT2D eigenvalue weighted by molar-refractivity contribution is 6.31. The summed E-state index contributed by atoms with van der Waals surface area (Å²) >= 11 is 6.07. The fraction of sp³-hybridized carbons (Fsp3) is 0.368. The molecule has 0 aliphatic heterocycles. The van der Waals surface area contributed by atoms with Crippen molar-refractivity contribution < 1.29 is 4.79 Å². The number of nitrogens with zero attached hydrogens (tertiary/aromatic N) is 2. The van der Waals surface area contributed by atoms with Crippen molar-refractivity contribution in [2.45, 2.75) is 46.7 Å². The van der Waals surface area contributed by atoms with E-state index < -0.39 is 0 Å². The van der Waals surface area contributed by atoms with Crippen molar-refractivity contribution in [3.63, 3.8) is 0 Å². The first-order valence-corrected chi connectivity index (χ1v) is 8.26. The smallest absolute Gasteiger partial charge is 0.255 e. The molecule has 0 saturated heterocycles. The molecule has 3 nitrogen and oxygen atoms in total. The monoisotopic (exact) mass is 330 g/mol. The third kappa shape index (κ3) is 3.73. The summed E-state index contributed by atoms with van der Waals surface area (Å²) in [5.74, 6) is 0.0278. The molecule has 4 heteroatoms. The third-order valence-corrected chi connectivity index (χ3v) is 4.20. The molecule has 1 aromatic heterocycles. The first-order chi connectivity index (χ1) is 10.8. The lowest BCUT2D eigenvalue weighted by molar-refractivity contribution is 0.0644. The zero-order valence-electron chi connectivity index (χ0n) is 14.3. The number of rotatable bonds is 4. The van der Waals surface area contributed by atoms with Crippen LogP contribution in [0.15, 0.2) is 36.4 Å². The van der Waals surface area contributed by atoms with E-state index in [4.69, 9.17) is 11.6 Å². The van der Waals surface area contributed by atoms with Gasteiger partial charge in [-0.05, 0) is 52.8 Å². The minimum atomic E-state index is 0.0278. The number of benzene rings is 1. The van der Waals surface area contributed by atoms with Crippen molar-refractivity contribution >= 4 is 17.5 Å². The van der Waals surface area contributed by atoms with Crippen LogP contribution < -0.4 is 0 Å². The SMILES string of the molecule is Cc1nc(-c2ccccc2C(=O)N(C(C)C)C(C)C)ccc1Cl. The highest BCUT2D eigenvalue weighted by Crippen LogP contribution is 2.26. The van der Waals surface area contributed by atoms with E-state index >= 15 is 0 Å². The molecular formula is C19H23ClN2O. The van der Waals surface area contributed by atoms with E-state index in [9.17, 15) is 4.79 Å². The molecule has 1 heterocycles. The first kappa shape index (κ1) is 17.5. The maximum absolute atomic E-state index is 13.0. The number of hydrogen-bond donors (Lipinski definition) is 0. The summed E-state index contributed by atoms with van der Waals surface area (Å²) in [5, 5.41) is 0.628. The van der Waals surface area contributed by atoms with Crippen LogP contribution in [-0.4, -0.2) is 27.9 Å². The van der Waals surface area contributed by atoms with Crippen LogP contribution in [0.2, 0.25) is 5.02 Å². The van der Waals surface area contributed by atoms with Gasteiger partial charge in [0, 0.05) is 23.2 Å². The highest BCUT2D eigenvalue weighted by atomic mass is 35.5. The Morgan fingerprint density at radius 1 is 1.04 bits per heavy atom. The van der Waals surface area contributed by atoms with Crippen molar-refractivity contribution in [2.75, 3.05) is 0 Å². The largest absolute Gasteiger partial charge is 0.334 e. The number of pyridine rings is 1. The van der Waals surface area contributed by atoms with Crippen molar-refractivity contribution in [3.05, 3.63) is 52.7 Å². The Kier molecular flexibility index (Phi) is 5.42. The van der Waals surface area contributed by atoms with Crippen LogP contribution in [0.5, 0.6) is 0 Å². The fourth-order valence-electron chi connectivity index (χ4n) is 2.79. The van der Waals surface area contributed by atoms with E-state index in [-0.39, 0.29) is 18.0 Å². The van der Waals surface area contributed by atoms with Crippen molar-refractivity contribution in [2.24, 2.45) is 0 Å². The second-order valence-electron chi connectivity index (χ2n) is 6.21. The van der Waals surface area contributed by atoms with Crippen LogP contribution in [0, 0.1) is 6.92 Å². The first-order valence-electron chi connectivity index (χ1n) is 7.88. The molecule has 1 aromatic carbocycles. The Balaban J connectivity index is 2.52. The van der Waals surface area contributed by atoms with Crippen molar-refractivity contribution in [1.29, 1.82) is 0 Å². The molecule has 122 valence electrons. The molecule has 0 aliphatic carbocycles. The lowest BCUT2D eigenvalue weighted by atomic mass is 10.0. The minimum absolute atomic E-state index is 0.0278. The van der Waals surface area contributed by atoms with Crippen LogP contribution in [-0.2, 0) is 0 Å². The van der Waals surface area contributed by atoms with Gasteiger partial charge in [-0.2, -0.15) is 0 Å². The molecule has 0 radical (unpaired) electrons. The molecule has 0 unspecified atom stereocenters. The number of amides is 1. The standard InChI is InChI=1S/C19H23ClN2O/c1-12(2)22(13(3)4)19(23)16-9-7-6-8-15(16)18-11-10-17(20)14(5)21-18/h6-13H,1-5H3. The van der Waals surface area contributed by atoms with Crippen LogP contribution >= 0.6 is 11.6 Å². The molecule has 0 spiro atoms. The molecule has 0 atom stereocenters. The summed E-state index contributed by atoms with van der Waals surface area (Å²) in [7, 11) is 0. The third-order valence-electron chi connectivity index (χ3n) is 3.80.